The molecule has 1 unspecified atom stereocenters. The number of aliphatic hydroxyl groups is 1. The highest BCUT2D eigenvalue weighted by molar-refractivity contribution is 5.95. The van der Waals surface area contributed by atoms with Crippen molar-refractivity contribution in [3.05, 3.63) is 69.8 Å². The molecule has 0 saturated carbocycles. The van der Waals surface area contributed by atoms with Gasteiger partial charge < -0.3 is 15.3 Å². The number of rotatable bonds is 5. The number of benzene rings is 2. The van der Waals surface area contributed by atoms with Crippen molar-refractivity contribution in [2.75, 3.05) is 0 Å². The summed E-state index contributed by atoms with van der Waals surface area (Å²) in [5.74, 6) is -2.16. The van der Waals surface area contributed by atoms with E-state index in [0.717, 1.165) is 11.1 Å². The predicted octanol–water partition coefficient (Wildman–Crippen LogP) is 2.80. The number of carbonyl (C=O) groups is 3. The van der Waals surface area contributed by atoms with Crippen LogP contribution in [-0.4, -0.2) is 39.6 Å². The number of hydrogen-bond acceptors (Lipinski definition) is 4. The van der Waals surface area contributed by atoms with Gasteiger partial charge >= 0.3 is 11.9 Å². The van der Waals surface area contributed by atoms with Gasteiger partial charge in [0.15, 0.2) is 12.4 Å². The Morgan fingerprint density at radius 2 is 1.62 bits per heavy atom. The molecular formula is C20H22O6. The Morgan fingerprint density at radius 3 is 2.08 bits per heavy atom. The van der Waals surface area contributed by atoms with Gasteiger partial charge in [0.25, 0.3) is 0 Å². The number of aliphatic carboxylic acids is 1. The van der Waals surface area contributed by atoms with E-state index in [1.165, 1.54) is 0 Å². The Morgan fingerprint density at radius 1 is 1.04 bits per heavy atom. The summed E-state index contributed by atoms with van der Waals surface area (Å²) in [6.45, 7) is 5.20. The number of aliphatic hydroxyl groups excluding tert-OH is 1. The first-order valence-electron chi connectivity index (χ1n) is 7.93. The minimum atomic E-state index is -1.30. The largest absolute Gasteiger partial charge is 0.479 e. The summed E-state index contributed by atoms with van der Waals surface area (Å²) in [4.78, 5) is 31.9. The number of hydrogen-bond donors (Lipinski definition) is 3. The summed E-state index contributed by atoms with van der Waals surface area (Å²) in [5, 5.41) is 26.3. The summed E-state index contributed by atoms with van der Waals surface area (Å²) in [7, 11) is 0. The highest BCUT2D eigenvalue weighted by atomic mass is 16.4. The summed E-state index contributed by atoms with van der Waals surface area (Å²) < 4.78 is 0. The molecule has 0 aliphatic carbocycles. The van der Waals surface area contributed by atoms with Gasteiger partial charge in [-0.3, -0.25) is 4.79 Å². The molecule has 0 aliphatic heterocycles. The average molecular weight is 358 g/mol. The number of carbonyl (C=O) groups excluding carboxylic acids is 1. The number of carboxylic acid groups (broad SMARTS) is 2. The second-order valence-electron chi connectivity index (χ2n) is 5.89. The van der Waals surface area contributed by atoms with Gasteiger partial charge in [-0.15, -0.1) is 0 Å². The van der Waals surface area contributed by atoms with Gasteiger partial charge in [0, 0.05) is 12.0 Å². The second kappa shape index (κ2) is 9.48. The van der Waals surface area contributed by atoms with E-state index < -0.39 is 18.0 Å². The zero-order chi connectivity index (χ0) is 19.9. The Balaban J connectivity index is 0.000000263. The first kappa shape index (κ1) is 21.1. The van der Waals surface area contributed by atoms with Gasteiger partial charge in [0.05, 0.1) is 5.56 Å². The third kappa shape index (κ3) is 5.53. The first-order chi connectivity index (χ1) is 12.2. The molecule has 0 aliphatic rings. The van der Waals surface area contributed by atoms with E-state index in [1.807, 2.05) is 18.2 Å². The average Bonchev–Trinajstić information content (AvgIpc) is 2.55. The van der Waals surface area contributed by atoms with Crippen LogP contribution in [0.2, 0.25) is 0 Å². The van der Waals surface area contributed by atoms with Crippen molar-refractivity contribution in [1.82, 2.24) is 0 Å². The minimum Gasteiger partial charge on any atom is -0.479 e. The standard InChI is InChI=1S/C11H12O3.C9H10O3/c1-6-4-7(2)10(11(13)14)8(3)9(6)5-12;10-8(9(11)12)6-7-4-2-1-3-5-7/h4-5H,1-3H3,(H,13,14);1-5,8,10H,6H2,(H,11,12). The van der Waals surface area contributed by atoms with Crippen LogP contribution in [0.5, 0.6) is 0 Å². The lowest BCUT2D eigenvalue weighted by Crippen LogP contribution is -2.21. The lowest BCUT2D eigenvalue weighted by molar-refractivity contribution is -0.146. The highest BCUT2D eigenvalue weighted by Gasteiger charge is 2.15. The molecule has 2 rings (SSSR count). The molecule has 0 saturated heterocycles. The molecule has 6 nitrogen and oxygen atoms in total. The predicted molar refractivity (Wildman–Crippen MR) is 96.8 cm³/mol. The van der Waals surface area contributed by atoms with Crippen molar-refractivity contribution >= 4 is 18.2 Å². The van der Waals surface area contributed by atoms with E-state index in [9.17, 15) is 14.4 Å². The molecule has 0 radical (unpaired) electrons. The quantitative estimate of drug-likeness (QED) is 0.709. The number of aryl methyl sites for hydroxylation is 2. The molecule has 2 aromatic carbocycles. The second-order valence-corrected chi connectivity index (χ2v) is 5.89. The first-order valence-corrected chi connectivity index (χ1v) is 7.93. The van der Waals surface area contributed by atoms with E-state index in [2.05, 4.69) is 0 Å². The Bertz CT molecular complexity index is 796. The number of carboxylic acids is 2. The van der Waals surface area contributed by atoms with Crippen LogP contribution >= 0.6 is 0 Å². The zero-order valence-corrected chi connectivity index (χ0v) is 14.9. The normalized spacial score (nSPS) is 11.1. The van der Waals surface area contributed by atoms with Crippen LogP contribution in [0.1, 0.15) is 43.0 Å². The van der Waals surface area contributed by atoms with Gasteiger partial charge in [-0.05, 0) is 43.0 Å². The summed E-state index contributed by atoms with van der Waals surface area (Å²) in [6.07, 6.45) is -0.431. The van der Waals surface area contributed by atoms with E-state index in [1.54, 1.807) is 39.0 Å². The van der Waals surface area contributed by atoms with Crippen LogP contribution in [0.4, 0.5) is 0 Å². The highest BCUT2D eigenvalue weighted by Crippen LogP contribution is 2.20. The molecule has 138 valence electrons. The molecule has 26 heavy (non-hydrogen) atoms. The SMILES string of the molecule is Cc1cc(C)c(C(=O)O)c(C)c1C=O.O=C(O)C(O)Cc1ccccc1. The lowest BCUT2D eigenvalue weighted by atomic mass is 9.94. The van der Waals surface area contributed by atoms with Crippen LogP contribution in [0.15, 0.2) is 36.4 Å². The topological polar surface area (TPSA) is 112 Å². The maximum Gasteiger partial charge on any atom is 0.336 e. The van der Waals surface area contributed by atoms with E-state index in [-0.39, 0.29) is 12.0 Å². The molecule has 0 bridgehead atoms. The van der Waals surface area contributed by atoms with Crippen molar-refractivity contribution in [2.24, 2.45) is 0 Å². The maximum absolute atomic E-state index is 10.9. The molecule has 2 aromatic rings. The van der Waals surface area contributed by atoms with Crippen LogP contribution in [0.25, 0.3) is 0 Å². The Hall–Kier alpha value is -2.99. The Labute approximate surface area is 151 Å². The molecule has 3 N–H and O–H groups in total. The van der Waals surface area contributed by atoms with Gasteiger partial charge in [-0.25, -0.2) is 9.59 Å². The minimum absolute atomic E-state index is 0.163. The van der Waals surface area contributed by atoms with E-state index in [4.69, 9.17) is 15.3 Å². The van der Waals surface area contributed by atoms with Crippen LogP contribution in [-0.2, 0) is 11.2 Å². The van der Waals surface area contributed by atoms with Gasteiger partial charge in [-0.1, -0.05) is 36.4 Å². The maximum atomic E-state index is 10.9. The number of aromatic carboxylic acids is 1. The molecule has 1 atom stereocenters. The lowest BCUT2D eigenvalue weighted by Gasteiger charge is -2.10. The molecule has 6 heteroatoms. The molecule has 0 heterocycles. The fourth-order valence-electron chi connectivity index (χ4n) is 2.64. The van der Waals surface area contributed by atoms with E-state index >= 15 is 0 Å². The third-order valence-electron chi connectivity index (χ3n) is 3.92. The monoisotopic (exact) mass is 358 g/mol. The third-order valence-corrected chi connectivity index (χ3v) is 3.92. The molecule has 0 spiro atoms. The summed E-state index contributed by atoms with van der Waals surface area (Å²) in [5.41, 5.74) is 3.60. The molecule has 0 aromatic heterocycles. The summed E-state index contributed by atoms with van der Waals surface area (Å²) >= 11 is 0. The molecule has 0 fully saturated rings. The molecular weight excluding hydrogens is 336 g/mol. The fraction of sp³-hybridized carbons (Fsp3) is 0.250. The van der Waals surface area contributed by atoms with Crippen molar-refractivity contribution < 1.29 is 29.7 Å². The van der Waals surface area contributed by atoms with Crippen LogP contribution in [0.3, 0.4) is 0 Å². The Kier molecular flexibility index (Phi) is 7.68. The van der Waals surface area contributed by atoms with E-state index in [0.29, 0.717) is 23.0 Å². The summed E-state index contributed by atoms with van der Waals surface area (Å²) in [6, 6.07) is 10.8. The zero-order valence-electron chi connectivity index (χ0n) is 14.9. The van der Waals surface area contributed by atoms with Crippen molar-refractivity contribution in [1.29, 1.82) is 0 Å². The number of aldehydes is 1. The smallest absolute Gasteiger partial charge is 0.336 e. The van der Waals surface area contributed by atoms with Crippen molar-refractivity contribution in [3.63, 3.8) is 0 Å². The van der Waals surface area contributed by atoms with Crippen molar-refractivity contribution in [3.8, 4) is 0 Å². The van der Waals surface area contributed by atoms with Crippen LogP contribution in [0, 0.1) is 20.8 Å². The fourth-order valence-corrected chi connectivity index (χ4v) is 2.64. The van der Waals surface area contributed by atoms with Gasteiger partial charge in [0.1, 0.15) is 0 Å². The van der Waals surface area contributed by atoms with Crippen molar-refractivity contribution in [2.45, 2.75) is 33.3 Å². The van der Waals surface area contributed by atoms with Gasteiger partial charge in [-0.2, -0.15) is 0 Å². The van der Waals surface area contributed by atoms with Crippen LogP contribution < -0.4 is 0 Å². The molecule has 0 amide bonds. The van der Waals surface area contributed by atoms with Gasteiger partial charge in [0.2, 0.25) is 0 Å².